The lowest BCUT2D eigenvalue weighted by Gasteiger charge is -2.27. The van der Waals surface area contributed by atoms with Crippen LogP contribution in [0.1, 0.15) is 56.5 Å². The van der Waals surface area contributed by atoms with E-state index in [-0.39, 0.29) is 27.8 Å². The number of halogens is 2. The predicted molar refractivity (Wildman–Crippen MR) is 132 cm³/mol. The molecule has 5 nitrogen and oxygen atoms in total. The Kier molecular flexibility index (Phi) is 10.0. The summed E-state index contributed by atoms with van der Waals surface area (Å²) in [6.07, 6.45) is 0.510. The maximum absolute atomic E-state index is 13.6. The van der Waals surface area contributed by atoms with E-state index in [0.29, 0.717) is 13.0 Å². The van der Waals surface area contributed by atoms with Crippen LogP contribution in [0.2, 0.25) is 0 Å². The zero-order chi connectivity index (χ0) is 24.6. The van der Waals surface area contributed by atoms with E-state index in [1.165, 1.54) is 18.2 Å². The minimum Gasteiger partial charge on any atom is -0.391 e. The minimum absolute atomic E-state index is 0.120. The van der Waals surface area contributed by atoms with Crippen LogP contribution >= 0.6 is 15.9 Å². The van der Waals surface area contributed by atoms with Crippen molar-refractivity contribution < 1.29 is 19.1 Å². The molecule has 0 aliphatic heterocycles. The van der Waals surface area contributed by atoms with Crippen molar-refractivity contribution in [3.63, 3.8) is 0 Å². The number of rotatable bonds is 10. The molecule has 3 atom stereocenters. The summed E-state index contributed by atoms with van der Waals surface area (Å²) in [5.41, 5.74) is 1.35. The fourth-order valence-electron chi connectivity index (χ4n) is 3.41. The number of carbonyl (C=O) groups excluding carboxylic acids is 2. The molecular formula is C26H34BrFN2O3. The predicted octanol–water partition coefficient (Wildman–Crippen LogP) is 4.87. The van der Waals surface area contributed by atoms with Gasteiger partial charge in [0.25, 0.3) is 5.91 Å². The van der Waals surface area contributed by atoms with E-state index in [4.69, 9.17) is 0 Å². The number of carbonyl (C=O) groups is 2. The van der Waals surface area contributed by atoms with Gasteiger partial charge in [0.2, 0.25) is 5.91 Å². The Balaban J connectivity index is 2.07. The summed E-state index contributed by atoms with van der Waals surface area (Å²) in [7, 11) is 0. The maximum Gasteiger partial charge on any atom is 0.251 e. The lowest BCUT2D eigenvalue weighted by molar-refractivity contribution is -0.125. The molecule has 0 aliphatic rings. The third-order valence-electron chi connectivity index (χ3n) is 5.48. The van der Waals surface area contributed by atoms with E-state index in [1.807, 2.05) is 30.3 Å². The van der Waals surface area contributed by atoms with Crippen LogP contribution in [0, 0.1) is 17.2 Å². The largest absolute Gasteiger partial charge is 0.391 e. The van der Waals surface area contributed by atoms with Crippen LogP contribution in [0.15, 0.2) is 53.0 Å². The quantitative estimate of drug-likeness (QED) is 0.418. The molecule has 0 unspecified atom stereocenters. The zero-order valence-electron chi connectivity index (χ0n) is 19.7. The van der Waals surface area contributed by atoms with E-state index in [0.717, 1.165) is 12.0 Å². The first-order valence-corrected chi connectivity index (χ1v) is 12.0. The van der Waals surface area contributed by atoms with Gasteiger partial charge < -0.3 is 15.7 Å². The van der Waals surface area contributed by atoms with E-state index in [2.05, 4.69) is 47.3 Å². The van der Waals surface area contributed by atoms with Crippen molar-refractivity contribution in [1.82, 2.24) is 10.6 Å². The second-order valence-corrected chi connectivity index (χ2v) is 10.6. The van der Waals surface area contributed by atoms with E-state index >= 15 is 0 Å². The third-order valence-corrected chi connectivity index (χ3v) is 6.09. The molecule has 2 aromatic rings. The normalized spacial score (nSPS) is 14.3. The molecule has 0 heterocycles. The van der Waals surface area contributed by atoms with Gasteiger partial charge in [-0.25, -0.2) is 4.39 Å². The zero-order valence-corrected chi connectivity index (χ0v) is 21.3. The van der Waals surface area contributed by atoms with Crippen LogP contribution < -0.4 is 10.6 Å². The molecular weight excluding hydrogens is 487 g/mol. The smallest absolute Gasteiger partial charge is 0.251 e. The molecule has 3 N–H and O–H groups in total. The molecule has 180 valence electrons. The molecule has 0 fully saturated rings. The molecule has 2 amide bonds. The SMILES string of the molecule is C[C@H](C[C@H](O)[C@H](Cc1ccccc1)NC(=O)c1ccc(F)c(Br)c1)C(=O)NCCC(C)(C)C. The molecule has 0 radical (unpaired) electrons. The highest BCUT2D eigenvalue weighted by molar-refractivity contribution is 9.10. The maximum atomic E-state index is 13.6. The van der Waals surface area contributed by atoms with Gasteiger partial charge in [0.05, 0.1) is 16.6 Å². The molecule has 0 aromatic heterocycles. The molecule has 7 heteroatoms. The number of hydrogen-bond acceptors (Lipinski definition) is 3. The number of hydrogen-bond donors (Lipinski definition) is 3. The number of aliphatic hydroxyl groups excluding tert-OH is 1. The van der Waals surface area contributed by atoms with E-state index in [1.54, 1.807) is 6.92 Å². The Hall–Kier alpha value is -2.25. The molecule has 0 saturated carbocycles. The Morgan fingerprint density at radius 2 is 1.79 bits per heavy atom. The van der Waals surface area contributed by atoms with Crippen molar-refractivity contribution in [1.29, 1.82) is 0 Å². The Bertz CT molecular complexity index is 931. The Morgan fingerprint density at radius 3 is 2.39 bits per heavy atom. The van der Waals surface area contributed by atoms with E-state index in [9.17, 15) is 19.1 Å². The second-order valence-electron chi connectivity index (χ2n) is 9.70. The van der Waals surface area contributed by atoms with Crippen LogP contribution in [0.3, 0.4) is 0 Å². The number of nitrogens with one attached hydrogen (secondary N) is 2. The van der Waals surface area contributed by atoms with Crippen LogP contribution in [-0.2, 0) is 11.2 Å². The second kappa shape index (κ2) is 12.3. The van der Waals surface area contributed by atoms with Gasteiger partial charge in [0, 0.05) is 18.0 Å². The highest BCUT2D eigenvalue weighted by Crippen LogP contribution is 2.19. The molecule has 0 spiro atoms. The van der Waals surface area contributed by atoms with Gasteiger partial charge in [0.15, 0.2) is 0 Å². The van der Waals surface area contributed by atoms with Crippen molar-refractivity contribution in [2.75, 3.05) is 6.54 Å². The minimum atomic E-state index is -0.943. The van der Waals surface area contributed by atoms with Crippen LogP contribution in [0.25, 0.3) is 0 Å². The highest BCUT2D eigenvalue weighted by Gasteiger charge is 2.27. The molecule has 2 aromatic carbocycles. The van der Waals surface area contributed by atoms with Gasteiger partial charge in [-0.1, -0.05) is 58.0 Å². The molecule has 0 saturated heterocycles. The average molecular weight is 521 g/mol. The van der Waals surface area contributed by atoms with Crippen molar-refractivity contribution in [2.24, 2.45) is 11.3 Å². The van der Waals surface area contributed by atoms with Gasteiger partial charge in [-0.2, -0.15) is 0 Å². The van der Waals surface area contributed by atoms with Gasteiger partial charge in [-0.3, -0.25) is 9.59 Å². The summed E-state index contributed by atoms with van der Waals surface area (Å²) in [4.78, 5) is 25.3. The number of benzene rings is 2. The Morgan fingerprint density at radius 1 is 1.12 bits per heavy atom. The van der Waals surface area contributed by atoms with Gasteiger partial charge in [-0.05, 0) is 64.4 Å². The summed E-state index contributed by atoms with van der Waals surface area (Å²) in [6, 6.07) is 12.9. The standard InChI is InChI=1S/C26H34BrFN2O3/c1-17(24(32)29-13-12-26(2,3)4)14-23(31)22(15-18-8-6-5-7-9-18)30-25(33)19-10-11-21(28)20(27)16-19/h5-11,16-17,22-23,31H,12-15H2,1-4H3,(H,29,32)(H,30,33)/t17-,22+,23+/m1/s1. The van der Waals surface area contributed by atoms with Crippen LogP contribution in [0.4, 0.5) is 4.39 Å². The highest BCUT2D eigenvalue weighted by atomic mass is 79.9. The number of aliphatic hydroxyl groups is 1. The average Bonchev–Trinajstić information content (AvgIpc) is 2.74. The van der Waals surface area contributed by atoms with Crippen molar-refractivity contribution in [3.05, 3.63) is 69.9 Å². The fraction of sp³-hybridized carbons (Fsp3) is 0.462. The summed E-state index contributed by atoms with van der Waals surface area (Å²) in [5.74, 6) is -1.42. The van der Waals surface area contributed by atoms with Crippen molar-refractivity contribution in [2.45, 2.75) is 59.1 Å². The van der Waals surface area contributed by atoms with Crippen LogP contribution in [-0.4, -0.2) is 35.6 Å². The van der Waals surface area contributed by atoms with Gasteiger partial charge >= 0.3 is 0 Å². The third kappa shape index (κ3) is 9.26. The number of amides is 2. The van der Waals surface area contributed by atoms with Crippen molar-refractivity contribution in [3.8, 4) is 0 Å². The monoisotopic (exact) mass is 520 g/mol. The summed E-state index contributed by atoms with van der Waals surface area (Å²) < 4.78 is 13.7. The molecule has 2 rings (SSSR count). The summed E-state index contributed by atoms with van der Waals surface area (Å²) in [5, 5.41) is 16.8. The molecule has 0 aliphatic carbocycles. The van der Waals surface area contributed by atoms with Crippen LogP contribution in [0.5, 0.6) is 0 Å². The van der Waals surface area contributed by atoms with E-state index < -0.39 is 29.8 Å². The summed E-state index contributed by atoms with van der Waals surface area (Å²) >= 11 is 3.10. The first-order chi connectivity index (χ1) is 15.5. The molecule has 33 heavy (non-hydrogen) atoms. The molecule has 0 bridgehead atoms. The lowest BCUT2D eigenvalue weighted by atomic mass is 9.91. The first kappa shape index (κ1) is 27.0. The van der Waals surface area contributed by atoms with Gasteiger partial charge in [-0.15, -0.1) is 0 Å². The summed E-state index contributed by atoms with van der Waals surface area (Å²) in [6.45, 7) is 8.69. The topological polar surface area (TPSA) is 78.4 Å². The van der Waals surface area contributed by atoms with Crippen molar-refractivity contribution >= 4 is 27.7 Å². The Labute approximate surface area is 204 Å². The first-order valence-electron chi connectivity index (χ1n) is 11.2. The lowest BCUT2D eigenvalue weighted by Crippen LogP contribution is -2.46. The fourth-order valence-corrected chi connectivity index (χ4v) is 3.79. The van der Waals surface area contributed by atoms with Gasteiger partial charge in [0.1, 0.15) is 5.82 Å².